The monoisotopic (exact) mass is 394 g/mol. The average Bonchev–Trinajstić information content (AvgIpc) is 3.54. The van der Waals surface area contributed by atoms with Crippen molar-refractivity contribution in [3.05, 3.63) is 64.7 Å². The van der Waals surface area contributed by atoms with Gasteiger partial charge in [0.1, 0.15) is 17.8 Å². The van der Waals surface area contributed by atoms with Gasteiger partial charge in [-0.1, -0.05) is 0 Å². The number of ether oxygens (including phenoxy) is 2. The van der Waals surface area contributed by atoms with Gasteiger partial charge >= 0.3 is 0 Å². The lowest BCUT2D eigenvalue weighted by atomic mass is 10.2. The highest BCUT2D eigenvalue weighted by Gasteiger charge is 2.40. The zero-order valence-corrected chi connectivity index (χ0v) is 16.3. The summed E-state index contributed by atoms with van der Waals surface area (Å²) in [6.07, 6.45) is 7.61. The maximum absolute atomic E-state index is 12.3. The number of hydrogen-bond donors (Lipinski definition) is 1. The van der Waals surface area contributed by atoms with E-state index in [0.29, 0.717) is 36.6 Å². The fourth-order valence-electron chi connectivity index (χ4n) is 3.12. The second kappa shape index (κ2) is 8.26. The molecule has 0 aliphatic heterocycles. The third-order valence-corrected chi connectivity index (χ3v) is 4.88. The molecule has 0 radical (unpaired) electrons. The van der Waals surface area contributed by atoms with Crippen LogP contribution < -0.4 is 20.3 Å². The zero-order valence-electron chi connectivity index (χ0n) is 16.3. The van der Waals surface area contributed by atoms with Gasteiger partial charge in [0.05, 0.1) is 19.9 Å². The van der Waals surface area contributed by atoms with Crippen molar-refractivity contribution in [2.75, 3.05) is 19.0 Å². The predicted octanol–water partition coefficient (Wildman–Crippen LogP) is 1.77. The van der Waals surface area contributed by atoms with Crippen molar-refractivity contribution in [2.24, 2.45) is 13.0 Å². The minimum absolute atomic E-state index is 0.221. The fraction of sp³-hybridized carbons (Fsp3) is 0.350. The van der Waals surface area contributed by atoms with Gasteiger partial charge < -0.3 is 14.8 Å². The standard InChI is InChI=1S/C20H22N6O3/c1-26-20(27)18(23-9-13-7-21-12-22-8-13)6-19(25-26)29-11-14-5-16(14)17-4-3-15(28-2)10-24-17/h3-4,6-8,10,12,14,16,23H,5,9,11H2,1-2H3/t14?,16-/m1/s1. The topological polar surface area (TPSA) is 104 Å². The lowest BCUT2D eigenvalue weighted by molar-refractivity contribution is 0.278. The largest absolute Gasteiger partial charge is 0.495 e. The number of hydrogen-bond acceptors (Lipinski definition) is 8. The Balaban J connectivity index is 1.36. The second-order valence-electron chi connectivity index (χ2n) is 6.96. The van der Waals surface area contributed by atoms with Crippen molar-refractivity contribution < 1.29 is 9.47 Å². The van der Waals surface area contributed by atoms with Gasteiger partial charge in [0.2, 0.25) is 5.88 Å². The number of nitrogens with one attached hydrogen (secondary N) is 1. The van der Waals surface area contributed by atoms with Crippen LogP contribution in [0.5, 0.6) is 11.6 Å². The Hall–Kier alpha value is -3.49. The van der Waals surface area contributed by atoms with Crippen LogP contribution in [0.2, 0.25) is 0 Å². The number of anilines is 1. The van der Waals surface area contributed by atoms with Crippen LogP contribution in [-0.4, -0.2) is 38.4 Å². The first-order valence-corrected chi connectivity index (χ1v) is 9.33. The van der Waals surface area contributed by atoms with Crippen molar-refractivity contribution in [3.8, 4) is 11.6 Å². The molecule has 1 N–H and O–H groups in total. The predicted molar refractivity (Wildman–Crippen MR) is 106 cm³/mol. The van der Waals surface area contributed by atoms with E-state index in [-0.39, 0.29) is 5.56 Å². The van der Waals surface area contributed by atoms with Crippen molar-refractivity contribution in [3.63, 3.8) is 0 Å². The van der Waals surface area contributed by atoms with Gasteiger partial charge in [0, 0.05) is 55.1 Å². The molecule has 3 aromatic rings. The number of aryl methyl sites for hydroxylation is 1. The number of rotatable bonds is 8. The van der Waals surface area contributed by atoms with E-state index in [0.717, 1.165) is 23.4 Å². The van der Waals surface area contributed by atoms with Crippen LogP contribution in [0.1, 0.15) is 23.6 Å². The minimum Gasteiger partial charge on any atom is -0.495 e. The van der Waals surface area contributed by atoms with Gasteiger partial charge in [-0.2, -0.15) is 0 Å². The highest BCUT2D eigenvalue weighted by Crippen LogP contribution is 2.46. The molecule has 0 amide bonds. The summed E-state index contributed by atoms with van der Waals surface area (Å²) in [5.74, 6) is 1.92. The molecule has 9 heteroatoms. The number of methoxy groups -OCH3 is 1. The van der Waals surface area contributed by atoms with Gasteiger partial charge in [-0.15, -0.1) is 5.10 Å². The van der Waals surface area contributed by atoms with Crippen LogP contribution in [0.25, 0.3) is 0 Å². The van der Waals surface area contributed by atoms with Crippen LogP contribution in [0.15, 0.2) is 47.9 Å². The SMILES string of the molecule is COc1ccc([C@@H]2CC2COc2cc(NCc3cncnc3)c(=O)n(C)n2)nc1. The van der Waals surface area contributed by atoms with Crippen molar-refractivity contribution in [1.82, 2.24) is 24.7 Å². The normalized spacial score (nSPS) is 17.6. The molecule has 0 spiro atoms. The van der Waals surface area contributed by atoms with Crippen molar-refractivity contribution in [1.29, 1.82) is 0 Å². The Bertz CT molecular complexity index is 1020. The van der Waals surface area contributed by atoms with Gasteiger partial charge in [-0.25, -0.2) is 14.6 Å². The Morgan fingerprint density at radius 1 is 1.24 bits per heavy atom. The Morgan fingerprint density at radius 3 is 2.79 bits per heavy atom. The van der Waals surface area contributed by atoms with E-state index >= 15 is 0 Å². The van der Waals surface area contributed by atoms with Gasteiger partial charge in [0.15, 0.2) is 0 Å². The van der Waals surface area contributed by atoms with Crippen LogP contribution in [0, 0.1) is 5.92 Å². The van der Waals surface area contributed by atoms with Gasteiger partial charge in [0.25, 0.3) is 5.56 Å². The highest BCUT2D eigenvalue weighted by atomic mass is 16.5. The summed E-state index contributed by atoms with van der Waals surface area (Å²) in [6, 6.07) is 5.54. The van der Waals surface area contributed by atoms with Crippen LogP contribution in [0.4, 0.5) is 5.69 Å². The minimum atomic E-state index is -0.221. The summed E-state index contributed by atoms with van der Waals surface area (Å²) in [4.78, 5) is 24.7. The molecule has 3 heterocycles. The van der Waals surface area contributed by atoms with Crippen LogP contribution >= 0.6 is 0 Å². The van der Waals surface area contributed by atoms with Gasteiger partial charge in [-0.05, 0) is 18.6 Å². The van der Waals surface area contributed by atoms with E-state index in [2.05, 4.69) is 25.4 Å². The zero-order chi connectivity index (χ0) is 20.2. The lowest BCUT2D eigenvalue weighted by Gasteiger charge is -2.10. The van der Waals surface area contributed by atoms with Crippen LogP contribution in [0.3, 0.4) is 0 Å². The molecule has 0 saturated heterocycles. The number of nitrogens with zero attached hydrogens (tertiary/aromatic N) is 5. The summed E-state index contributed by atoms with van der Waals surface area (Å²) in [5.41, 5.74) is 2.12. The number of pyridine rings is 1. The lowest BCUT2D eigenvalue weighted by Crippen LogP contribution is -2.24. The second-order valence-corrected chi connectivity index (χ2v) is 6.96. The van der Waals surface area contributed by atoms with E-state index in [1.165, 1.54) is 11.0 Å². The van der Waals surface area contributed by atoms with E-state index in [4.69, 9.17) is 9.47 Å². The number of aromatic nitrogens is 5. The average molecular weight is 394 g/mol. The van der Waals surface area contributed by atoms with Gasteiger partial charge in [-0.3, -0.25) is 9.78 Å². The maximum atomic E-state index is 12.3. The molecule has 1 aliphatic carbocycles. The first kappa shape index (κ1) is 18.9. The molecule has 1 saturated carbocycles. The fourth-order valence-corrected chi connectivity index (χ4v) is 3.12. The molecule has 4 rings (SSSR count). The molecular formula is C20H22N6O3. The smallest absolute Gasteiger partial charge is 0.290 e. The molecule has 9 nitrogen and oxygen atoms in total. The Labute approximate surface area is 167 Å². The Kier molecular flexibility index (Phi) is 5.37. The summed E-state index contributed by atoms with van der Waals surface area (Å²) in [5, 5.41) is 7.30. The van der Waals surface area contributed by atoms with E-state index in [1.54, 1.807) is 38.8 Å². The third-order valence-electron chi connectivity index (χ3n) is 4.88. The quantitative estimate of drug-likeness (QED) is 0.616. The summed E-state index contributed by atoms with van der Waals surface area (Å²) < 4.78 is 12.3. The molecule has 0 bridgehead atoms. The molecule has 1 aliphatic rings. The van der Waals surface area contributed by atoms with Crippen molar-refractivity contribution in [2.45, 2.75) is 18.9 Å². The first-order valence-electron chi connectivity index (χ1n) is 9.33. The first-order chi connectivity index (χ1) is 14.1. The van der Waals surface area contributed by atoms with E-state index in [1.807, 2.05) is 12.1 Å². The maximum Gasteiger partial charge on any atom is 0.290 e. The molecule has 1 unspecified atom stereocenters. The summed E-state index contributed by atoms with van der Waals surface area (Å²) in [7, 11) is 3.23. The van der Waals surface area contributed by atoms with Crippen LogP contribution in [-0.2, 0) is 13.6 Å². The summed E-state index contributed by atoms with van der Waals surface area (Å²) >= 11 is 0. The summed E-state index contributed by atoms with van der Waals surface area (Å²) in [6.45, 7) is 0.961. The molecule has 150 valence electrons. The molecule has 2 atom stereocenters. The molecule has 29 heavy (non-hydrogen) atoms. The van der Waals surface area contributed by atoms with Crippen molar-refractivity contribution >= 4 is 5.69 Å². The molecular weight excluding hydrogens is 372 g/mol. The highest BCUT2D eigenvalue weighted by molar-refractivity contribution is 5.43. The third kappa shape index (κ3) is 4.50. The molecule has 3 aromatic heterocycles. The molecule has 1 fully saturated rings. The van der Waals surface area contributed by atoms with E-state index in [9.17, 15) is 4.79 Å². The molecule has 0 aromatic carbocycles. The van der Waals surface area contributed by atoms with E-state index < -0.39 is 0 Å². The Morgan fingerprint density at radius 2 is 2.07 bits per heavy atom.